The summed E-state index contributed by atoms with van der Waals surface area (Å²) in [5.41, 5.74) is 0. The van der Waals surface area contributed by atoms with E-state index in [0.29, 0.717) is 12.5 Å². The summed E-state index contributed by atoms with van der Waals surface area (Å²) in [6.45, 7) is 11.5. The quantitative estimate of drug-likeness (QED) is 0.350. The fourth-order valence-corrected chi connectivity index (χ4v) is 1.41. The molecule has 0 saturated heterocycles. The monoisotopic (exact) mass is 309 g/mol. The molecule has 1 atom stereocenters. The molecule has 22 heavy (non-hydrogen) atoms. The van der Waals surface area contributed by atoms with Crippen molar-refractivity contribution in [3.8, 4) is 6.07 Å². The Hall–Kier alpha value is -2.09. The van der Waals surface area contributed by atoms with Gasteiger partial charge in [0.15, 0.2) is 0 Å². The molecular weight excluding hydrogens is 282 g/mol. The number of unbranched alkanes of at least 4 members (excludes halogenated alkanes) is 1. The molecule has 0 aromatic carbocycles. The molecule has 0 aromatic rings. The maximum atomic E-state index is 10.8. The smallest absolute Gasteiger partial charge is 0.330 e. The third kappa shape index (κ3) is 16.0. The summed E-state index contributed by atoms with van der Waals surface area (Å²) in [7, 11) is 0. The van der Waals surface area contributed by atoms with E-state index in [9.17, 15) is 9.59 Å². The summed E-state index contributed by atoms with van der Waals surface area (Å²) >= 11 is 0. The van der Waals surface area contributed by atoms with Crippen molar-refractivity contribution in [1.29, 1.82) is 5.26 Å². The second-order valence-corrected chi connectivity index (χ2v) is 4.53. The van der Waals surface area contributed by atoms with E-state index < -0.39 is 5.97 Å². The third-order valence-corrected chi connectivity index (χ3v) is 2.80. The molecule has 0 aliphatic heterocycles. The van der Waals surface area contributed by atoms with Crippen LogP contribution in [0.2, 0.25) is 0 Å². The largest absolute Gasteiger partial charge is 0.462 e. The van der Waals surface area contributed by atoms with Gasteiger partial charge in [-0.05, 0) is 12.3 Å². The molecule has 0 amide bonds. The van der Waals surface area contributed by atoms with Gasteiger partial charge in [-0.15, -0.1) is 0 Å². The minimum Gasteiger partial charge on any atom is -0.462 e. The number of hydrogen-bond acceptors (Lipinski definition) is 5. The summed E-state index contributed by atoms with van der Waals surface area (Å²) < 4.78 is 9.44. The molecule has 0 aliphatic carbocycles. The molecule has 1 unspecified atom stereocenters. The van der Waals surface area contributed by atoms with E-state index in [4.69, 9.17) is 10.00 Å². The van der Waals surface area contributed by atoms with Crippen LogP contribution in [0.25, 0.3) is 0 Å². The number of nitriles is 1. The third-order valence-electron chi connectivity index (χ3n) is 2.80. The first-order valence-electron chi connectivity index (χ1n) is 7.50. The SMILES string of the molecule is C=CC(=O)OCC(CC)CCCC.C=CC(=O)OCCC#N. The zero-order chi connectivity index (χ0) is 17.2. The average Bonchev–Trinajstić information content (AvgIpc) is 2.55. The van der Waals surface area contributed by atoms with E-state index in [0.717, 1.165) is 18.9 Å². The Kier molecular flexibility index (Phi) is 17.1. The molecule has 0 spiro atoms. The van der Waals surface area contributed by atoms with Crippen LogP contribution in [0.5, 0.6) is 0 Å². The summed E-state index contributed by atoms with van der Waals surface area (Å²) in [4.78, 5) is 21.0. The van der Waals surface area contributed by atoms with Gasteiger partial charge >= 0.3 is 11.9 Å². The Labute approximate surface area is 133 Å². The molecular formula is C17H27NO4. The summed E-state index contributed by atoms with van der Waals surface area (Å²) in [5.74, 6) is -0.274. The van der Waals surface area contributed by atoms with E-state index in [1.54, 1.807) is 0 Å². The number of carbonyl (C=O) groups is 2. The second-order valence-electron chi connectivity index (χ2n) is 4.53. The van der Waals surface area contributed by atoms with Crippen molar-refractivity contribution in [1.82, 2.24) is 0 Å². The van der Waals surface area contributed by atoms with Crippen LogP contribution in [0, 0.1) is 17.2 Å². The number of hydrogen-bond donors (Lipinski definition) is 0. The molecule has 0 saturated carbocycles. The molecule has 5 nitrogen and oxygen atoms in total. The van der Waals surface area contributed by atoms with Gasteiger partial charge in [-0.25, -0.2) is 9.59 Å². The Morgan fingerprint density at radius 2 is 1.77 bits per heavy atom. The molecule has 0 aliphatic rings. The molecule has 0 radical (unpaired) electrons. The van der Waals surface area contributed by atoms with Crippen molar-refractivity contribution >= 4 is 11.9 Å². The van der Waals surface area contributed by atoms with Gasteiger partial charge in [0.2, 0.25) is 0 Å². The van der Waals surface area contributed by atoms with Crippen LogP contribution < -0.4 is 0 Å². The first-order valence-corrected chi connectivity index (χ1v) is 7.50. The van der Waals surface area contributed by atoms with Crippen LogP contribution in [-0.4, -0.2) is 25.2 Å². The number of carbonyl (C=O) groups excluding carboxylic acids is 2. The minimum atomic E-state index is -0.481. The Morgan fingerprint density at radius 1 is 1.18 bits per heavy atom. The summed E-state index contributed by atoms with van der Waals surface area (Å²) in [5, 5.41) is 7.98. The molecule has 124 valence electrons. The molecule has 0 bridgehead atoms. The van der Waals surface area contributed by atoms with Crippen molar-refractivity contribution in [2.45, 2.75) is 46.0 Å². The van der Waals surface area contributed by atoms with Gasteiger partial charge in [0.1, 0.15) is 6.61 Å². The van der Waals surface area contributed by atoms with E-state index in [1.165, 1.54) is 18.9 Å². The van der Waals surface area contributed by atoms with E-state index >= 15 is 0 Å². The van der Waals surface area contributed by atoms with Gasteiger partial charge in [-0.1, -0.05) is 46.3 Å². The van der Waals surface area contributed by atoms with Gasteiger partial charge in [0.05, 0.1) is 19.1 Å². The molecule has 0 aromatic heterocycles. The van der Waals surface area contributed by atoms with Crippen molar-refractivity contribution in [2.75, 3.05) is 13.2 Å². The Morgan fingerprint density at radius 3 is 2.23 bits per heavy atom. The van der Waals surface area contributed by atoms with Crippen LogP contribution in [0.4, 0.5) is 0 Å². The predicted octanol–water partition coefficient (Wildman–Crippen LogP) is 3.56. The van der Waals surface area contributed by atoms with Gasteiger partial charge in [0, 0.05) is 12.2 Å². The fraction of sp³-hybridized carbons (Fsp3) is 0.588. The average molecular weight is 309 g/mol. The van der Waals surface area contributed by atoms with E-state index in [-0.39, 0.29) is 19.0 Å². The summed E-state index contributed by atoms with van der Waals surface area (Å²) in [6.07, 6.45) is 7.15. The van der Waals surface area contributed by atoms with Crippen molar-refractivity contribution < 1.29 is 19.1 Å². The lowest BCUT2D eigenvalue weighted by Gasteiger charge is -2.13. The van der Waals surface area contributed by atoms with Gasteiger partial charge in [-0.3, -0.25) is 0 Å². The van der Waals surface area contributed by atoms with Crippen molar-refractivity contribution in [3.63, 3.8) is 0 Å². The lowest BCUT2D eigenvalue weighted by molar-refractivity contribution is -0.139. The van der Waals surface area contributed by atoms with Gasteiger partial charge < -0.3 is 9.47 Å². The van der Waals surface area contributed by atoms with Crippen LogP contribution in [0.1, 0.15) is 46.0 Å². The molecule has 0 fully saturated rings. The number of nitrogens with zero attached hydrogens (tertiary/aromatic N) is 1. The first kappa shape index (κ1) is 22.2. The number of esters is 2. The lowest BCUT2D eigenvalue weighted by atomic mass is 10.0. The zero-order valence-electron chi connectivity index (χ0n) is 13.7. The van der Waals surface area contributed by atoms with Gasteiger partial charge in [-0.2, -0.15) is 5.26 Å². The summed E-state index contributed by atoms with van der Waals surface area (Å²) in [6, 6.07) is 1.84. The highest BCUT2D eigenvalue weighted by molar-refractivity contribution is 5.81. The maximum Gasteiger partial charge on any atom is 0.330 e. The zero-order valence-corrected chi connectivity index (χ0v) is 13.7. The maximum absolute atomic E-state index is 10.8. The topological polar surface area (TPSA) is 76.4 Å². The van der Waals surface area contributed by atoms with E-state index in [1.807, 2.05) is 6.07 Å². The lowest BCUT2D eigenvalue weighted by Crippen LogP contribution is -2.12. The van der Waals surface area contributed by atoms with Crippen LogP contribution in [-0.2, 0) is 19.1 Å². The highest BCUT2D eigenvalue weighted by Gasteiger charge is 2.07. The molecule has 0 N–H and O–H groups in total. The molecule has 0 heterocycles. The standard InChI is InChI=1S/C11H20O2.C6H7NO2/c1-4-7-8-10(5-2)9-13-11(12)6-3;1-2-6(8)9-5-3-4-7/h6,10H,3-5,7-9H2,1-2H3;2H,1,3,5H2. The predicted molar refractivity (Wildman–Crippen MR) is 85.8 cm³/mol. The van der Waals surface area contributed by atoms with Gasteiger partial charge in [0.25, 0.3) is 0 Å². The van der Waals surface area contributed by atoms with Crippen LogP contribution in [0.15, 0.2) is 25.3 Å². The Bertz CT molecular complexity index is 371. The molecule has 5 heteroatoms. The highest BCUT2D eigenvalue weighted by Crippen LogP contribution is 2.12. The highest BCUT2D eigenvalue weighted by atomic mass is 16.5. The van der Waals surface area contributed by atoms with Crippen LogP contribution >= 0.6 is 0 Å². The number of rotatable bonds is 10. The normalized spacial score (nSPS) is 10.2. The van der Waals surface area contributed by atoms with E-state index in [2.05, 4.69) is 31.7 Å². The first-order chi connectivity index (χ1) is 10.5. The van der Waals surface area contributed by atoms with Crippen molar-refractivity contribution in [2.24, 2.45) is 5.92 Å². The van der Waals surface area contributed by atoms with Crippen LogP contribution in [0.3, 0.4) is 0 Å². The Balaban J connectivity index is 0. The minimum absolute atomic E-state index is 0.154. The van der Waals surface area contributed by atoms with Crippen molar-refractivity contribution in [3.05, 3.63) is 25.3 Å². The second kappa shape index (κ2) is 17.0. The number of ether oxygens (including phenoxy) is 2. The fourth-order valence-electron chi connectivity index (χ4n) is 1.41. The molecule has 0 rings (SSSR count).